The average Bonchev–Trinajstić information content (AvgIpc) is 2.52. The van der Waals surface area contributed by atoms with Gasteiger partial charge >= 0.3 is 81.1 Å². The Morgan fingerprint density at radius 2 is 2.18 bits per heavy atom. The van der Waals surface area contributed by atoms with Gasteiger partial charge in [-0.2, -0.15) is 0 Å². The minimum atomic E-state index is -1.13. The van der Waals surface area contributed by atoms with Crippen LogP contribution in [0.15, 0.2) is 12.2 Å². The van der Waals surface area contributed by atoms with E-state index in [1.54, 1.807) is 0 Å². The van der Waals surface area contributed by atoms with Crippen molar-refractivity contribution < 1.29 is 5.11 Å². The molecule has 0 aliphatic carbocycles. The summed E-state index contributed by atoms with van der Waals surface area (Å²) in [6, 6.07) is 0. The van der Waals surface area contributed by atoms with Gasteiger partial charge in [-0.15, -0.1) is 0 Å². The van der Waals surface area contributed by atoms with Crippen molar-refractivity contribution in [2.75, 3.05) is 12.4 Å². The predicted molar refractivity (Wildman–Crippen MR) is 53.5 cm³/mol. The Labute approximate surface area is 80.8 Å². The normalized spacial score (nSPS) is 19.3. The molecule has 3 heteroatoms. The van der Waals surface area contributed by atoms with Crippen molar-refractivity contribution in [1.29, 1.82) is 0 Å². The molecular weight excluding hydrogens is 259 g/mol. The van der Waals surface area contributed by atoms with E-state index in [4.69, 9.17) is 5.11 Å². The van der Waals surface area contributed by atoms with Crippen molar-refractivity contribution in [3.05, 3.63) is 12.2 Å². The topological polar surface area (TPSA) is 20.2 Å². The first kappa shape index (κ1) is 10.0. The number of hydrogen-bond donors (Lipinski definition) is 1. The third kappa shape index (κ3) is 3.43. The van der Waals surface area contributed by atoms with Gasteiger partial charge in [0.15, 0.2) is 0 Å². The monoisotopic (exact) mass is 274 g/mol. The first-order chi connectivity index (χ1) is 5.34. The second-order valence-corrected chi connectivity index (χ2v) is 15.8. The standard InChI is InChI=1S/C4H9OS.C4H6.In/c1-2-6-4-3-5;1-3-4-2;/h2,5H,3-4H2,1H3;3-4H,1-2H2;. The molecule has 0 saturated heterocycles. The van der Waals surface area contributed by atoms with Crippen molar-refractivity contribution in [3.8, 4) is 0 Å². The van der Waals surface area contributed by atoms with E-state index in [0.717, 1.165) is 8.76 Å². The molecule has 0 aromatic heterocycles. The molecule has 1 aliphatic heterocycles. The van der Waals surface area contributed by atoms with Crippen molar-refractivity contribution >= 4 is 33.2 Å². The third-order valence-electron chi connectivity index (χ3n) is 2.18. The summed E-state index contributed by atoms with van der Waals surface area (Å²) in [5.74, 6) is 0.939. The molecule has 1 unspecified atom stereocenters. The fourth-order valence-corrected chi connectivity index (χ4v) is 13.0. The van der Waals surface area contributed by atoms with Gasteiger partial charge in [0.1, 0.15) is 0 Å². The van der Waals surface area contributed by atoms with Crippen LogP contribution in [0.1, 0.15) is 6.92 Å². The first-order valence-electron chi connectivity index (χ1n) is 4.22. The van der Waals surface area contributed by atoms with Crippen molar-refractivity contribution in [3.63, 3.8) is 0 Å². The Bertz CT molecular complexity index is 130. The molecule has 1 atom stereocenters. The zero-order chi connectivity index (χ0) is 8.10. The van der Waals surface area contributed by atoms with E-state index in [-0.39, 0.29) is 0 Å². The Morgan fingerprint density at radius 3 is 2.73 bits per heavy atom. The van der Waals surface area contributed by atoms with Gasteiger partial charge in [-0.05, 0) is 0 Å². The van der Waals surface area contributed by atoms with E-state index in [1.807, 2.05) is 11.8 Å². The number of aliphatic hydroxyl groups excluding tert-OH is 1. The van der Waals surface area contributed by atoms with Crippen LogP contribution in [-0.4, -0.2) is 41.9 Å². The summed E-state index contributed by atoms with van der Waals surface area (Å²) < 4.78 is 3.81. The van der Waals surface area contributed by atoms with Crippen LogP contribution in [0.4, 0.5) is 0 Å². The van der Waals surface area contributed by atoms with Gasteiger partial charge in [0.2, 0.25) is 0 Å². The molecule has 1 nitrogen and oxygen atoms in total. The van der Waals surface area contributed by atoms with Crippen LogP contribution in [0, 0.1) is 0 Å². The van der Waals surface area contributed by atoms with E-state index in [2.05, 4.69) is 19.1 Å². The van der Waals surface area contributed by atoms with Gasteiger partial charge in [0.25, 0.3) is 0 Å². The van der Waals surface area contributed by atoms with Gasteiger partial charge in [-0.1, -0.05) is 0 Å². The average molecular weight is 274 g/mol. The Morgan fingerprint density at radius 1 is 1.55 bits per heavy atom. The van der Waals surface area contributed by atoms with E-state index in [1.165, 1.54) is 8.35 Å². The number of hydrogen-bond acceptors (Lipinski definition) is 2. The van der Waals surface area contributed by atoms with Gasteiger partial charge in [0.05, 0.1) is 0 Å². The van der Waals surface area contributed by atoms with E-state index < -0.39 is 21.4 Å². The van der Waals surface area contributed by atoms with Gasteiger partial charge in [-0.3, -0.25) is 0 Å². The van der Waals surface area contributed by atoms with Crippen LogP contribution in [0.2, 0.25) is 8.35 Å². The second-order valence-electron chi connectivity index (χ2n) is 3.00. The summed E-state index contributed by atoms with van der Waals surface area (Å²) in [5, 5.41) is 8.64. The molecule has 0 radical (unpaired) electrons. The SMILES string of the molecule is C[CH](SCCO)[In]1[CH2]C=C[CH2]1. The molecule has 0 saturated carbocycles. The van der Waals surface area contributed by atoms with Gasteiger partial charge in [0, 0.05) is 0 Å². The molecule has 0 spiro atoms. The van der Waals surface area contributed by atoms with Crippen LogP contribution in [0.5, 0.6) is 0 Å². The van der Waals surface area contributed by atoms with Gasteiger partial charge < -0.3 is 0 Å². The summed E-state index contributed by atoms with van der Waals surface area (Å²) in [7, 11) is 0. The first-order valence-corrected chi connectivity index (χ1v) is 11.8. The quantitative estimate of drug-likeness (QED) is 0.787. The van der Waals surface area contributed by atoms with Crippen LogP contribution >= 0.6 is 11.8 Å². The summed E-state index contributed by atoms with van der Waals surface area (Å²) in [6.07, 6.45) is 4.72. The molecule has 1 aliphatic rings. The van der Waals surface area contributed by atoms with E-state index >= 15 is 0 Å². The molecule has 0 amide bonds. The van der Waals surface area contributed by atoms with Crippen LogP contribution < -0.4 is 0 Å². The minimum absolute atomic E-state index is 0.348. The van der Waals surface area contributed by atoms with Crippen LogP contribution in [0.3, 0.4) is 0 Å². The second kappa shape index (κ2) is 5.55. The summed E-state index contributed by atoms with van der Waals surface area (Å²) >= 11 is 0.850. The van der Waals surface area contributed by atoms with E-state index in [0.29, 0.717) is 6.61 Å². The van der Waals surface area contributed by atoms with Crippen molar-refractivity contribution in [2.24, 2.45) is 0 Å². The van der Waals surface area contributed by atoms with E-state index in [9.17, 15) is 0 Å². The molecular formula is C8H15InOS. The number of aliphatic hydroxyl groups is 1. The molecule has 0 fully saturated rings. The fourth-order valence-electron chi connectivity index (χ4n) is 1.40. The molecule has 0 bridgehead atoms. The van der Waals surface area contributed by atoms with Gasteiger partial charge in [-0.25, -0.2) is 0 Å². The molecule has 1 N–H and O–H groups in total. The Balaban J connectivity index is 2.13. The summed E-state index contributed by atoms with van der Waals surface area (Å²) in [6.45, 7) is 2.70. The number of rotatable bonds is 4. The number of thioether (sulfide) groups is 1. The zero-order valence-corrected chi connectivity index (χ0v) is 11.1. The Kier molecular flexibility index (Phi) is 5.04. The predicted octanol–water partition coefficient (Wildman–Crippen LogP) is 1.70. The molecule has 11 heavy (non-hydrogen) atoms. The van der Waals surface area contributed by atoms with Crippen LogP contribution in [0.25, 0.3) is 0 Å². The molecule has 62 valence electrons. The molecule has 1 rings (SSSR count). The maximum atomic E-state index is 8.64. The van der Waals surface area contributed by atoms with Crippen molar-refractivity contribution in [1.82, 2.24) is 0 Å². The molecule has 0 aromatic carbocycles. The fraction of sp³-hybridized carbons (Fsp3) is 0.750. The van der Waals surface area contributed by atoms with Crippen molar-refractivity contribution in [2.45, 2.75) is 18.3 Å². The summed E-state index contributed by atoms with van der Waals surface area (Å²) in [4.78, 5) is 0. The van der Waals surface area contributed by atoms with Crippen LogP contribution in [-0.2, 0) is 0 Å². The Hall–Kier alpha value is 0.920. The number of allylic oxidation sites excluding steroid dienone is 2. The zero-order valence-electron chi connectivity index (χ0n) is 6.99. The molecule has 0 aromatic rings. The molecule has 1 heterocycles. The third-order valence-corrected chi connectivity index (χ3v) is 16.2. The summed E-state index contributed by atoms with van der Waals surface area (Å²) in [5.41, 5.74) is 0. The maximum absolute atomic E-state index is 8.64.